The lowest BCUT2D eigenvalue weighted by Gasteiger charge is -2.32. The molecule has 1 aliphatic rings. The number of hydrogen-bond acceptors (Lipinski definition) is 1. The summed E-state index contributed by atoms with van der Waals surface area (Å²) in [7, 11) is 0. The molecule has 0 spiro atoms. The van der Waals surface area contributed by atoms with Gasteiger partial charge in [-0.1, -0.05) is 31.5 Å². The van der Waals surface area contributed by atoms with Gasteiger partial charge in [-0.25, -0.2) is 0 Å². The standard InChI is InChI=1S/C18H27NO/c1-12(2)10-18(7-6-17(20)19-18)11-16-14(4)8-13(3)9-15(16)5/h8-9,12H,6-7,10-11H2,1-5H3,(H,19,20). The van der Waals surface area contributed by atoms with Crippen molar-refractivity contribution in [1.29, 1.82) is 0 Å². The summed E-state index contributed by atoms with van der Waals surface area (Å²) in [5.41, 5.74) is 5.41. The second kappa shape index (κ2) is 5.59. The van der Waals surface area contributed by atoms with E-state index in [1.165, 1.54) is 22.3 Å². The number of amides is 1. The van der Waals surface area contributed by atoms with Crippen LogP contribution in [-0.2, 0) is 11.2 Å². The van der Waals surface area contributed by atoms with Crippen LogP contribution >= 0.6 is 0 Å². The lowest BCUT2D eigenvalue weighted by atomic mass is 9.80. The maximum absolute atomic E-state index is 11.7. The molecule has 1 amide bonds. The van der Waals surface area contributed by atoms with Crippen molar-refractivity contribution >= 4 is 5.91 Å². The molecule has 0 aliphatic carbocycles. The van der Waals surface area contributed by atoms with Crippen molar-refractivity contribution in [2.75, 3.05) is 0 Å². The molecule has 1 unspecified atom stereocenters. The molecule has 1 aliphatic heterocycles. The second-order valence-electron chi connectivity index (χ2n) is 6.98. The molecule has 0 radical (unpaired) electrons. The van der Waals surface area contributed by atoms with E-state index in [-0.39, 0.29) is 11.4 Å². The predicted molar refractivity (Wildman–Crippen MR) is 83.9 cm³/mol. The molecule has 2 nitrogen and oxygen atoms in total. The topological polar surface area (TPSA) is 29.1 Å². The first-order valence-electron chi connectivity index (χ1n) is 7.69. The average Bonchev–Trinajstić information content (AvgIpc) is 2.64. The Morgan fingerprint density at radius 2 is 1.80 bits per heavy atom. The summed E-state index contributed by atoms with van der Waals surface area (Å²) in [6, 6.07) is 4.50. The third-order valence-corrected chi connectivity index (χ3v) is 4.39. The summed E-state index contributed by atoms with van der Waals surface area (Å²) >= 11 is 0. The molecule has 0 bridgehead atoms. The third kappa shape index (κ3) is 3.23. The van der Waals surface area contributed by atoms with Crippen molar-refractivity contribution in [2.24, 2.45) is 5.92 Å². The summed E-state index contributed by atoms with van der Waals surface area (Å²) in [5, 5.41) is 3.28. The molecule has 0 aromatic heterocycles. The van der Waals surface area contributed by atoms with Gasteiger partial charge in [-0.05, 0) is 62.6 Å². The van der Waals surface area contributed by atoms with Gasteiger partial charge >= 0.3 is 0 Å². The fourth-order valence-electron chi connectivity index (χ4n) is 3.74. The fourth-order valence-corrected chi connectivity index (χ4v) is 3.74. The number of nitrogens with one attached hydrogen (secondary N) is 1. The van der Waals surface area contributed by atoms with E-state index in [1.54, 1.807) is 0 Å². The maximum Gasteiger partial charge on any atom is 0.220 e. The van der Waals surface area contributed by atoms with Crippen LogP contribution in [0.5, 0.6) is 0 Å². The van der Waals surface area contributed by atoms with Crippen molar-refractivity contribution in [3.8, 4) is 0 Å². The Kier molecular flexibility index (Phi) is 4.22. The Morgan fingerprint density at radius 1 is 1.20 bits per heavy atom. The highest BCUT2D eigenvalue weighted by Gasteiger charge is 2.38. The summed E-state index contributed by atoms with van der Waals surface area (Å²) in [6.07, 6.45) is 3.67. The normalized spacial score (nSPS) is 22.4. The van der Waals surface area contributed by atoms with Crippen LogP contribution in [0, 0.1) is 26.7 Å². The molecule has 20 heavy (non-hydrogen) atoms. The van der Waals surface area contributed by atoms with Gasteiger partial charge in [0.25, 0.3) is 0 Å². The van der Waals surface area contributed by atoms with Crippen LogP contribution < -0.4 is 5.32 Å². The number of hydrogen-bond donors (Lipinski definition) is 1. The zero-order chi connectivity index (χ0) is 14.9. The van der Waals surface area contributed by atoms with E-state index in [9.17, 15) is 4.79 Å². The molecule has 1 saturated heterocycles. The van der Waals surface area contributed by atoms with Crippen molar-refractivity contribution < 1.29 is 4.79 Å². The largest absolute Gasteiger partial charge is 0.350 e. The summed E-state index contributed by atoms with van der Waals surface area (Å²) in [5.74, 6) is 0.813. The van der Waals surface area contributed by atoms with E-state index in [2.05, 4.69) is 52.1 Å². The van der Waals surface area contributed by atoms with Gasteiger partial charge in [-0.2, -0.15) is 0 Å². The Balaban J connectivity index is 2.31. The maximum atomic E-state index is 11.7. The van der Waals surface area contributed by atoms with Crippen LogP contribution in [-0.4, -0.2) is 11.4 Å². The molecule has 110 valence electrons. The lowest BCUT2D eigenvalue weighted by Crippen LogP contribution is -2.45. The molecule has 0 saturated carbocycles. The van der Waals surface area contributed by atoms with E-state index in [1.807, 2.05) is 0 Å². The van der Waals surface area contributed by atoms with Crippen LogP contribution in [0.25, 0.3) is 0 Å². The summed E-state index contributed by atoms with van der Waals surface area (Å²) in [4.78, 5) is 11.7. The van der Waals surface area contributed by atoms with Crippen LogP contribution in [0.4, 0.5) is 0 Å². The molecular weight excluding hydrogens is 246 g/mol. The number of benzene rings is 1. The fraction of sp³-hybridized carbons (Fsp3) is 0.611. The highest BCUT2D eigenvalue weighted by molar-refractivity contribution is 5.79. The highest BCUT2D eigenvalue weighted by Crippen LogP contribution is 2.33. The first kappa shape index (κ1) is 15.1. The average molecular weight is 273 g/mol. The van der Waals surface area contributed by atoms with Crippen molar-refractivity contribution in [3.63, 3.8) is 0 Å². The first-order chi connectivity index (χ1) is 9.31. The van der Waals surface area contributed by atoms with E-state index < -0.39 is 0 Å². The van der Waals surface area contributed by atoms with Crippen LogP contribution in [0.1, 0.15) is 55.4 Å². The van der Waals surface area contributed by atoms with Gasteiger partial charge in [0.05, 0.1) is 0 Å². The SMILES string of the molecule is Cc1cc(C)c(CC2(CC(C)C)CCC(=O)N2)c(C)c1. The zero-order valence-corrected chi connectivity index (χ0v) is 13.5. The number of aryl methyl sites for hydroxylation is 3. The molecule has 1 aromatic rings. The Hall–Kier alpha value is -1.31. The second-order valence-corrected chi connectivity index (χ2v) is 6.98. The van der Waals surface area contributed by atoms with E-state index in [0.29, 0.717) is 12.3 Å². The minimum Gasteiger partial charge on any atom is -0.350 e. The molecule has 1 heterocycles. The highest BCUT2D eigenvalue weighted by atomic mass is 16.2. The number of rotatable bonds is 4. The van der Waals surface area contributed by atoms with Crippen LogP contribution in [0.3, 0.4) is 0 Å². The monoisotopic (exact) mass is 273 g/mol. The third-order valence-electron chi connectivity index (χ3n) is 4.39. The predicted octanol–water partition coefficient (Wildman–Crippen LogP) is 3.85. The van der Waals surface area contributed by atoms with E-state index >= 15 is 0 Å². The van der Waals surface area contributed by atoms with Gasteiger partial charge < -0.3 is 5.32 Å². The molecular formula is C18H27NO. The Bertz CT molecular complexity index is 495. The van der Waals surface area contributed by atoms with Gasteiger partial charge in [-0.15, -0.1) is 0 Å². The molecule has 1 N–H and O–H groups in total. The quantitative estimate of drug-likeness (QED) is 0.887. The summed E-state index contributed by atoms with van der Waals surface area (Å²) < 4.78 is 0. The van der Waals surface area contributed by atoms with Gasteiger partial charge in [0.2, 0.25) is 5.91 Å². The van der Waals surface area contributed by atoms with Crippen LogP contribution in [0.15, 0.2) is 12.1 Å². The van der Waals surface area contributed by atoms with Gasteiger partial charge in [0.15, 0.2) is 0 Å². The summed E-state index contributed by atoms with van der Waals surface area (Å²) in [6.45, 7) is 11.0. The van der Waals surface area contributed by atoms with E-state index in [0.717, 1.165) is 19.3 Å². The minimum absolute atomic E-state index is 0.0317. The molecule has 1 aromatic carbocycles. The number of carbonyl (C=O) groups excluding carboxylic acids is 1. The van der Waals surface area contributed by atoms with Gasteiger partial charge in [0.1, 0.15) is 0 Å². The van der Waals surface area contributed by atoms with Crippen molar-refractivity contribution in [3.05, 3.63) is 34.4 Å². The molecule has 1 atom stereocenters. The van der Waals surface area contributed by atoms with Gasteiger partial charge in [0, 0.05) is 12.0 Å². The van der Waals surface area contributed by atoms with Crippen LogP contribution in [0.2, 0.25) is 0 Å². The first-order valence-corrected chi connectivity index (χ1v) is 7.69. The molecule has 2 rings (SSSR count). The Morgan fingerprint density at radius 3 is 2.25 bits per heavy atom. The van der Waals surface area contributed by atoms with Crippen molar-refractivity contribution in [2.45, 2.75) is 65.8 Å². The molecule has 1 fully saturated rings. The van der Waals surface area contributed by atoms with Crippen molar-refractivity contribution in [1.82, 2.24) is 5.32 Å². The number of carbonyl (C=O) groups is 1. The smallest absolute Gasteiger partial charge is 0.220 e. The zero-order valence-electron chi connectivity index (χ0n) is 13.5. The Labute approximate surface area is 123 Å². The molecule has 2 heteroatoms. The van der Waals surface area contributed by atoms with Gasteiger partial charge in [-0.3, -0.25) is 4.79 Å². The van der Waals surface area contributed by atoms with E-state index in [4.69, 9.17) is 0 Å². The minimum atomic E-state index is -0.0317. The lowest BCUT2D eigenvalue weighted by molar-refractivity contribution is -0.119.